The van der Waals surface area contributed by atoms with Gasteiger partial charge in [-0.25, -0.2) is 8.78 Å². The molecule has 0 atom stereocenters. The predicted molar refractivity (Wildman–Crippen MR) is 47.9 cm³/mol. The predicted octanol–water partition coefficient (Wildman–Crippen LogP) is 2.38. The molecule has 1 rings (SSSR count). The van der Waals surface area contributed by atoms with E-state index in [4.69, 9.17) is 0 Å². The fourth-order valence-corrected chi connectivity index (χ4v) is 1.36. The van der Waals surface area contributed by atoms with Crippen LogP contribution < -0.4 is 5.48 Å². The fourth-order valence-electron chi connectivity index (χ4n) is 0.888. The fraction of sp³-hybridized carbons (Fsp3) is 0.250. The third kappa shape index (κ3) is 2.72. The van der Waals surface area contributed by atoms with Gasteiger partial charge in [0.05, 0.1) is 11.6 Å². The summed E-state index contributed by atoms with van der Waals surface area (Å²) in [6.45, 7) is 0.124. The lowest BCUT2D eigenvalue weighted by atomic mass is 10.2. The zero-order valence-electron chi connectivity index (χ0n) is 6.90. The van der Waals surface area contributed by atoms with Gasteiger partial charge in [0.1, 0.15) is 11.6 Å². The second-order valence-corrected chi connectivity index (χ2v) is 3.24. The topological polar surface area (TPSA) is 21.3 Å². The number of hydrogen-bond donors (Lipinski definition) is 1. The molecule has 0 saturated carbocycles. The third-order valence-corrected chi connectivity index (χ3v) is 2.05. The van der Waals surface area contributed by atoms with E-state index in [0.717, 1.165) is 12.1 Å². The summed E-state index contributed by atoms with van der Waals surface area (Å²) < 4.78 is 26.1. The quantitative estimate of drug-likeness (QED) is 0.658. The first-order chi connectivity index (χ1) is 6.15. The van der Waals surface area contributed by atoms with E-state index in [2.05, 4.69) is 26.2 Å². The van der Waals surface area contributed by atoms with Crippen LogP contribution in [0.5, 0.6) is 0 Å². The Hall–Kier alpha value is -0.520. The van der Waals surface area contributed by atoms with Crippen LogP contribution in [0.3, 0.4) is 0 Å². The number of nitrogens with one attached hydrogen (secondary N) is 1. The van der Waals surface area contributed by atoms with Crippen LogP contribution in [0.1, 0.15) is 5.56 Å². The van der Waals surface area contributed by atoms with E-state index >= 15 is 0 Å². The van der Waals surface area contributed by atoms with E-state index in [0.29, 0.717) is 0 Å². The smallest absolute Gasteiger partial charge is 0.142 e. The van der Waals surface area contributed by atoms with Crippen LogP contribution in [-0.4, -0.2) is 7.11 Å². The average molecular weight is 252 g/mol. The largest absolute Gasteiger partial charge is 0.305 e. The Balaban J connectivity index is 2.92. The van der Waals surface area contributed by atoms with E-state index in [9.17, 15) is 8.78 Å². The molecule has 0 aliphatic rings. The van der Waals surface area contributed by atoms with Crippen molar-refractivity contribution >= 4 is 15.9 Å². The van der Waals surface area contributed by atoms with Crippen LogP contribution >= 0.6 is 15.9 Å². The first-order valence-electron chi connectivity index (χ1n) is 3.54. The van der Waals surface area contributed by atoms with E-state index in [-0.39, 0.29) is 16.6 Å². The second-order valence-electron chi connectivity index (χ2n) is 2.39. The van der Waals surface area contributed by atoms with Crippen LogP contribution in [-0.2, 0) is 11.4 Å². The molecule has 72 valence electrons. The van der Waals surface area contributed by atoms with Gasteiger partial charge in [0, 0.05) is 12.1 Å². The molecule has 1 N–H and O–H groups in total. The van der Waals surface area contributed by atoms with Crippen molar-refractivity contribution in [3.05, 3.63) is 33.8 Å². The van der Waals surface area contributed by atoms with E-state index in [1.165, 1.54) is 7.11 Å². The van der Waals surface area contributed by atoms with Crippen LogP contribution in [0, 0.1) is 11.6 Å². The molecule has 0 unspecified atom stereocenters. The minimum absolute atomic E-state index is 0.111. The summed E-state index contributed by atoms with van der Waals surface area (Å²) in [5.74, 6) is -0.966. The molecule has 0 bridgehead atoms. The van der Waals surface area contributed by atoms with Crippen LogP contribution in [0.25, 0.3) is 0 Å². The Morgan fingerprint density at radius 3 is 2.77 bits per heavy atom. The molecular weight excluding hydrogens is 244 g/mol. The highest BCUT2D eigenvalue weighted by molar-refractivity contribution is 9.10. The Morgan fingerprint density at radius 1 is 1.46 bits per heavy atom. The van der Waals surface area contributed by atoms with Gasteiger partial charge >= 0.3 is 0 Å². The number of rotatable bonds is 3. The summed E-state index contributed by atoms with van der Waals surface area (Å²) in [6, 6.07) is 2.19. The van der Waals surface area contributed by atoms with Gasteiger partial charge in [0.25, 0.3) is 0 Å². The molecule has 0 aliphatic heterocycles. The van der Waals surface area contributed by atoms with Crippen molar-refractivity contribution in [1.29, 1.82) is 0 Å². The molecule has 2 nitrogen and oxygen atoms in total. The lowest BCUT2D eigenvalue weighted by molar-refractivity contribution is 0.0858. The van der Waals surface area contributed by atoms with Crippen LogP contribution in [0.4, 0.5) is 8.78 Å². The van der Waals surface area contributed by atoms with Gasteiger partial charge in [0.2, 0.25) is 0 Å². The summed E-state index contributed by atoms with van der Waals surface area (Å²) in [6.07, 6.45) is 0. The number of hydroxylamine groups is 1. The molecule has 1 aromatic carbocycles. The summed E-state index contributed by atoms with van der Waals surface area (Å²) in [4.78, 5) is 4.53. The molecule has 1 aromatic rings. The zero-order valence-corrected chi connectivity index (χ0v) is 8.49. The first kappa shape index (κ1) is 10.6. The summed E-state index contributed by atoms with van der Waals surface area (Å²) in [5, 5.41) is 0. The van der Waals surface area contributed by atoms with Gasteiger partial charge in [0.15, 0.2) is 0 Å². The number of hydrogen-bond acceptors (Lipinski definition) is 2. The lowest BCUT2D eigenvalue weighted by Gasteiger charge is -2.05. The summed E-state index contributed by atoms with van der Waals surface area (Å²) in [7, 11) is 1.41. The van der Waals surface area contributed by atoms with Crippen molar-refractivity contribution in [3.63, 3.8) is 0 Å². The van der Waals surface area contributed by atoms with Gasteiger partial charge in [-0.05, 0) is 28.1 Å². The zero-order chi connectivity index (χ0) is 9.84. The molecule has 0 fully saturated rings. The van der Waals surface area contributed by atoms with Crippen molar-refractivity contribution in [1.82, 2.24) is 5.48 Å². The van der Waals surface area contributed by atoms with Crippen LogP contribution in [0.15, 0.2) is 16.6 Å². The number of halogens is 3. The standard InChI is InChI=1S/C8H8BrF2NO/c1-13-12-4-5-2-6(10)3-7(9)8(5)11/h2-3,12H,4H2,1H3. The minimum Gasteiger partial charge on any atom is -0.305 e. The molecule has 0 spiro atoms. The highest BCUT2D eigenvalue weighted by Crippen LogP contribution is 2.20. The van der Waals surface area contributed by atoms with E-state index in [1.54, 1.807) is 0 Å². The van der Waals surface area contributed by atoms with Crippen molar-refractivity contribution in [2.75, 3.05) is 7.11 Å². The Morgan fingerprint density at radius 2 is 2.15 bits per heavy atom. The van der Waals surface area contributed by atoms with Crippen molar-refractivity contribution in [2.24, 2.45) is 0 Å². The molecule has 5 heteroatoms. The van der Waals surface area contributed by atoms with E-state index in [1.807, 2.05) is 0 Å². The van der Waals surface area contributed by atoms with Crippen molar-refractivity contribution in [3.8, 4) is 0 Å². The third-order valence-electron chi connectivity index (χ3n) is 1.48. The Kier molecular flexibility index (Phi) is 3.77. The van der Waals surface area contributed by atoms with E-state index < -0.39 is 11.6 Å². The van der Waals surface area contributed by atoms with Gasteiger partial charge in [-0.1, -0.05) is 0 Å². The Labute approximate surface area is 83.0 Å². The Bertz CT molecular complexity index is 306. The van der Waals surface area contributed by atoms with Gasteiger partial charge < -0.3 is 4.84 Å². The van der Waals surface area contributed by atoms with Crippen molar-refractivity contribution in [2.45, 2.75) is 6.54 Å². The molecule has 0 heterocycles. The first-order valence-corrected chi connectivity index (χ1v) is 4.33. The van der Waals surface area contributed by atoms with Gasteiger partial charge in [-0.2, -0.15) is 5.48 Å². The summed E-state index contributed by atoms with van der Waals surface area (Å²) in [5.41, 5.74) is 2.65. The second kappa shape index (κ2) is 4.64. The number of benzene rings is 1. The minimum atomic E-state index is -0.485. The molecule has 0 aliphatic carbocycles. The average Bonchev–Trinajstić information content (AvgIpc) is 2.09. The normalized spacial score (nSPS) is 10.5. The van der Waals surface area contributed by atoms with Gasteiger partial charge in [-0.15, -0.1) is 0 Å². The SMILES string of the molecule is CONCc1cc(F)cc(Br)c1F. The molecule has 13 heavy (non-hydrogen) atoms. The molecular formula is C8H8BrF2NO. The maximum atomic E-state index is 13.2. The monoisotopic (exact) mass is 251 g/mol. The maximum absolute atomic E-state index is 13.2. The highest BCUT2D eigenvalue weighted by Gasteiger charge is 2.08. The van der Waals surface area contributed by atoms with Gasteiger partial charge in [-0.3, -0.25) is 0 Å². The molecule has 0 aromatic heterocycles. The lowest BCUT2D eigenvalue weighted by Crippen LogP contribution is -2.12. The molecule has 0 amide bonds. The maximum Gasteiger partial charge on any atom is 0.142 e. The molecule has 0 saturated heterocycles. The van der Waals surface area contributed by atoms with Crippen LogP contribution in [0.2, 0.25) is 0 Å². The molecule has 0 radical (unpaired) electrons. The summed E-state index contributed by atoms with van der Waals surface area (Å²) >= 11 is 2.91. The highest BCUT2D eigenvalue weighted by atomic mass is 79.9. The van der Waals surface area contributed by atoms with Crippen molar-refractivity contribution < 1.29 is 13.6 Å².